The van der Waals surface area contributed by atoms with Gasteiger partial charge in [0.1, 0.15) is 0 Å². The van der Waals surface area contributed by atoms with Gasteiger partial charge in [-0.1, -0.05) is 282 Å². The zero-order valence-corrected chi connectivity index (χ0v) is 66.4. The maximum atomic E-state index is 2.69. The second-order valence-corrected chi connectivity index (χ2v) is 36.9. The summed E-state index contributed by atoms with van der Waals surface area (Å²) in [7, 11) is 0. The van der Waals surface area contributed by atoms with Crippen LogP contribution in [0.4, 0.5) is 51.2 Å². The molecule has 2 aliphatic heterocycles. The minimum atomic E-state index is -0.228. The van der Waals surface area contributed by atoms with E-state index in [2.05, 4.69) is 428 Å². The Kier molecular flexibility index (Phi) is 16.4. The second kappa shape index (κ2) is 25.3. The number of benzene rings is 13. The Morgan fingerprint density at radius 2 is 0.565 bits per heavy atom. The molecule has 108 heavy (non-hydrogen) atoms. The van der Waals surface area contributed by atoms with Crippen LogP contribution in [0.2, 0.25) is 0 Å². The Bertz CT molecular complexity index is 5620. The summed E-state index contributed by atoms with van der Waals surface area (Å²) in [5, 5.41) is 4.89. The smallest absolute Gasteiger partial charge is 0.252 e. The van der Waals surface area contributed by atoms with E-state index in [1.807, 2.05) is 0 Å². The highest BCUT2D eigenvalue weighted by Crippen LogP contribution is 2.52. The van der Waals surface area contributed by atoms with Crippen LogP contribution in [-0.2, 0) is 32.5 Å². The summed E-state index contributed by atoms with van der Waals surface area (Å²) in [6, 6.07) is 108. The lowest BCUT2D eigenvalue weighted by atomic mass is 9.33. The summed E-state index contributed by atoms with van der Waals surface area (Å²) in [6.07, 6.45) is 0. The average Bonchev–Trinajstić information content (AvgIpc) is 0.710. The number of rotatable bonds is 9. The summed E-state index contributed by atoms with van der Waals surface area (Å²) in [5.74, 6) is 0. The van der Waals surface area contributed by atoms with Gasteiger partial charge in [0.25, 0.3) is 6.71 Å². The van der Waals surface area contributed by atoms with Crippen molar-refractivity contribution in [1.82, 2.24) is 9.13 Å². The molecule has 4 heterocycles. The van der Waals surface area contributed by atoms with Gasteiger partial charge in [-0.3, -0.25) is 0 Å². The van der Waals surface area contributed by atoms with Crippen molar-refractivity contribution in [1.29, 1.82) is 0 Å². The molecule has 2 aliphatic rings. The van der Waals surface area contributed by atoms with Gasteiger partial charge < -0.3 is 23.8 Å². The van der Waals surface area contributed by atoms with Gasteiger partial charge in [0.2, 0.25) is 0 Å². The molecule has 0 saturated heterocycles. The molecule has 17 rings (SSSR count). The average molecular weight is 1410 g/mol. The van der Waals surface area contributed by atoms with Crippen LogP contribution in [-0.4, -0.2) is 15.8 Å². The SMILES string of the molecule is CC(C)(C)c1ccc(N(c2ccc(C(C)(C)C)cc2)c2cc3c4c(c2)N(c2cc(C(C)(C)C)cc(C(C)(C)C)c2)c2cc(-n5c6ccccc6c6cc(-c7ccccc7)ccc65)ccc2B4c2ccc(-n4c5ccccc5c5cc(-c6ccccc6)ccc54)cc2N3c2cc(C(C)(C)C)cc(C(C)(C)C)c2)cc1. The lowest BCUT2D eigenvalue weighted by Crippen LogP contribution is -2.61. The summed E-state index contributed by atoms with van der Waals surface area (Å²) in [5.41, 5.74) is 32.4. The summed E-state index contributed by atoms with van der Waals surface area (Å²) < 4.78 is 5.05. The number of aromatic nitrogens is 2. The van der Waals surface area contributed by atoms with Crippen LogP contribution in [0, 0.1) is 0 Å². The Morgan fingerprint density at radius 1 is 0.231 bits per heavy atom. The standard InChI is InChI=1S/C102H100BN5/c1-97(2,3)69-39-43-75(44-40-69)104(76-45-41-70(42-46-76)98(4,5)6)81-63-94-96-95(64-81)108(80-59-73(101(13,14)15)56-74(60-80)102(16,17)18)93-62-78(106-89-36-28-26-34-83(89)85-54-68(38-52-91(85)106)66-31-23-20-24-32-66)48-50-87(93)103(96)86-49-47-77(61-92(86)107(94)79-57-71(99(7,8)9)55-72(58-79)100(10,11)12)105-88-35-27-25-33-82(88)84-53-67(37-51-90(84)105)65-29-21-19-22-30-65/h19-64H,1-18H3. The number of hydrogen-bond donors (Lipinski definition) is 0. The van der Waals surface area contributed by atoms with Gasteiger partial charge in [0.05, 0.1) is 27.8 Å². The van der Waals surface area contributed by atoms with Gasteiger partial charge in [0.15, 0.2) is 0 Å². The zero-order chi connectivity index (χ0) is 75.5. The number of hydrogen-bond acceptors (Lipinski definition) is 3. The summed E-state index contributed by atoms with van der Waals surface area (Å²) in [4.78, 5) is 7.93. The molecule has 536 valence electrons. The van der Waals surface area contributed by atoms with E-state index in [-0.39, 0.29) is 39.2 Å². The first-order valence-electron chi connectivity index (χ1n) is 38.9. The topological polar surface area (TPSA) is 19.6 Å². The lowest BCUT2D eigenvalue weighted by molar-refractivity contribution is 0.568. The molecule has 0 aliphatic carbocycles. The highest BCUT2D eigenvalue weighted by molar-refractivity contribution is 7.00. The number of nitrogens with zero attached hydrogens (tertiary/aromatic N) is 5. The fourth-order valence-corrected chi connectivity index (χ4v) is 16.9. The van der Waals surface area contributed by atoms with Crippen molar-refractivity contribution in [2.75, 3.05) is 14.7 Å². The third kappa shape index (κ3) is 12.1. The highest BCUT2D eigenvalue weighted by atomic mass is 15.2. The van der Waals surface area contributed by atoms with Gasteiger partial charge in [-0.25, -0.2) is 0 Å². The van der Waals surface area contributed by atoms with E-state index in [0.717, 1.165) is 73.6 Å². The Morgan fingerprint density at radius 3 is 0.917 bits per heavy atom. The maximum absolute atomic E-state index is 2.69. The van der Waals surface area contributed by atoms with E-state index in [0.29, 0.717) is 0 Å². The van der Waals surface area contributed by atoms with Crippen LogP contribution >= 0.6 is 0 Å². The molecule has 15 aromatic rings. The molecular formula is C102H100BN5. The normalized spacial score (nSPS) is 13.4. The first kappa shape index (κ1) is 69.9. The molecule has 0 unspecified atom stereocenters. The fourth-order valence-electron chi connectivity index (χ4n) is 16.9. The Hall–Kier alpha value is -11.1. The number of anilines is 9. The van der Waals surface area contributed by atoms with Gasteiger partial charge in [-0.05, 0) is 226 Å². The van der Waals surface area contributed by atoms with Crippen molar-refractivity contribution in [3.05, 3.63) is 312 Å². The monoisotopic (exact) mass is 1410 g/mol. The molecule has 13 aromatic carbocycles. The Labute approximate surface area is 640 Å². The number of fused-ring (bicyclic) bond motifs is 10. The van der Waals surface area contributed by atoms with E-state index in [9.17, 15) is 0 Å². The molecule has 0 amide bonds. The van der Waals surface area contributed by atoms with Crippen LogP contribution < -0.4 is 31.1 Å². The highest BCUT2D eigenvalue weighted by Gasteiger charge is 2.46. The van der Waals surface area contributed by atoms with E-state index in [4.69, 9.17) is 0 Å². The largest absolute Gasteiger partial charge is 0.311 e. The molecule has 0 atom stereocenters. The molecule has 0 N–H and O–H groups in total. The first-order chi connectivity index (χ1) is 51.3. The van der Waals surface area contributed by atoms with Crippen LogP contribution in [0.15, 0.2) is 279 Å². The first-order valence-corrected chi connectivity index (χ1v) is 38.9. The van der Waals surface area contributed by atoms with Crippen LogP contribution in [0.25, 0.3) is 77.2 Å². The van der Waals surface area contributed by atoms with Gasteiger partial charge >= 0.3 is 0 Å². The van der Waals surface area contributed by atoms with Crippen molar-refractivity contribution in [2.24, 2.45) is 0 Å². The molecule has 0 radical (unpaired) electrons. The summed E-state index contributed by atoms with van der Waals surface area (Å²) >= 11 is 0. The van der Waals surface area contributed by atoms with E-state index >= 15 is 0 Å². The summed E-state index contributed by atoms with van der Waals surface area (Å²) in [6.45, 7) is 42.2. The molecular weight excluding hydrogens is 1310 g/mol. The quantitative estimate of drug-likeness (QED) is 0.134. The van der Waals surface area contributed by atoms with Crippen molar-refractivity contribution in [3.63, 3.8) is 0 Å². The molecule has 2 aromatic heterocycles. The molecule has 0 bridgehead atoms. The lowest BCUT2D eigenvalue weighted by Gasteiger charge is -2.46. The van der Waals surface area contributed by atoms with Gasteiger partial charge in [0, 0.05) is 78.4 Å². The van der Waals surface area contributed by atoms with E-state index in [1.54, 1.807) is 0 Å². The minimum absolute atomic E-state index is 0.0577. The predicted molar refractivity (Wildman–Crippen MR) is 467 cm³/mol. The van der Waals surface area contributed by atoms with Gasteiger partial charge in [-0.2, -0.15) is 0 Å². The molecule has 0 saturated carbocycles. The van der Waals surface area contributed by atoms with Crippen molar-refractivity contribution in [3.8, 4) is 33.6 Å². The molecule has 6 heteroatoms. The van der Waals surface area contributed by atoms with Gasteiger partial charge in [-0.15, -0.1) is 0 Å². The van der Waals surface area contributed by atoms with E-state index < -0.39 is 0 Å². The molecule has 5 nitrogen and oxygen atoms in total. The maximum Gasteiger partial charge on any atom is 0.252 e. The third-order valence-corrected chi connectivity index (χ3v) is 23.2. The van der Waals surface area contributed by atoms with Crippen molar-refractivity contribution >= 4 is 118 Å². The zero-order valence-electron chi connectivity index (χ0n) is 66.4. The minimum Gasteiger partial charge on any atom is -0.311 e. The number of para-hydroxylation sites is 2. The van der Waals surface area contributed by atoms with E-state index in [1.165, 1.54) is 105 Å². The van der Waals surface area contributed by atoms with Crippen LogP contribution in [0.3, 0.4) is 0 Å². The third-order valence-electron chi connectivity index (χ3n) is 23.2. The fraction of sp³-hybridized carbons (Fsp3) is 0.235. The van der Waals surface area contributed by atoms with Crippen LogP contribution in [0.5, 0.6) is 0 Å². The molecule has 0 fully saturated rings. The predicted octanol–water partition coefficient (Wildman–Crippen LogP) is 26.6. The Balaban J connectivity index is 1.03. The second-order valence-electron chi connectivity index (χ2n) is 36.9. The molecule has 0 spiro atoms. The van der Waals surface area contributed by atoms with Crippen LogP contribution in [0.1, 0.15) is 158 Å². The van der Waals surface area contributed by atoms with Crippen molar-refractivity contribution < 1.29 is 0 Å². The van der Waals surface area contributed by atoms with Crippen molar-refractivity contribution in [2.45, 2.75) is 157 Å².